The first-order valence-corrected chi connectivity index (χ1v) is 10.5. The molecule has 1 heterocycles. The summed E-state index contributed by atoms with van der Waals surface area (Å²) < 4.78 is 5.81. The van der Waals surface area contributed by atoms with Crippen LogP contribution in [0, 0.1) is 6.92 Å². The number of hydrogen-bond donors (Lipinski definition) is 0. The van der Waals surface area contributed by atoms with Crippen LogP contribution in [0.15, 0.2) is 53.7 Å². The molecule has 0 saturated carbocycles. The highest BCUT2D eigenvalue weighted by atomic mass is 35.5. The van der Waals surface area contributed by atoms with Crippen LogP contribution in [0.1, 0.15) is 49.7 Å². The molecule has 0 saturated heterocycles. The number of carbonyl (C=O) groups is 2. The molecule has 1 atom stereocenters. The van der Waals surface area contributed by atoms with Crippen LogP contribution in [0.25, 0.3) is 0 Å². The maximum absolute atomic E-state index is 13.4. The van der Waals surface area contributed by atoms with Gasteiger partial charge >= 0.3 is 0 Å². The fraction of sp³-hybridized carbons (Fsp3) is 0.333. The van der Waals surface area contributed by atoms with Crippen LogP contribution in [0.5, 0.6) is 5.75 Å². The molecule has 0 aromatic heterocycles. The van der Waals surface area contributed by atoms with Crippen LogP contribution in [0.3, 0.4) is 0 Å². The third kappa shape index (κ3) is 3.58. The molecule has 1 aliphatic carbocycles. The summed E-state index contributed by atoms with van der Waals surface area (Å²) in [6.45, 7) is 4.43. The van der Waals surface area contributed by atoms with Gasteiger partial charge in [0.2, 0.25) is 5.91 Å². The zero-order valence-electron chi connectivity index (χ0n) is 16.7. The molecule has 0 N–H and O–H groups in total. The van der Waals surface area contributed by atoms with Gasteiger partial charge in [-0.25, -0.2) is 0 Å². The monoisotopic (exact) mass is 409 g/mol. The molecule has 2 aromatic rings. The number of nitrogens with zero attached hydrogens (tertiary/aromatic N) is 1. The molecule has 2 aromatic carbocycles. The summed E-state index contributed by atoms with van der Waals surface area (Å²) in [5, 5.41) is 0.575. The van der Waals surface area contributed by atoms with Gasteiger partial charge in [0.15, 0.2) is 5.78 Å². The molecule has 1 aliphatic heterocycles. The van der Waals surface area contributed by atoms with Gasteiger partial charge in [0.05, 0.1) is 12.3 Å². The normalized spacial score (nSPS) is 19.4. The Bertz CT molecular complexity index is 1010. The van der Waals surface area contributed by atoms with Crippen LogP contribution in [-0.2, 0) is 9.59 Å². The van der Waals surface area contributed by atoms with E-state index in [0.29, 0.717) is 24.5 Å². The Morgan fingerprint density at radius 3 is 2.72 bits per heavy atom. The largest absolute Gasteiger partial charge is 0.494 e. The van der Waals surface area contributed by atoms with Gasteiger partial charge in [0.25, 0.3) is 0 Å². The molecule has 150 valence electrons. The first-order valence-electron chi connectivity index (χ1n) is 10.1. The first-order chi connectivity index (χ1) is 14.0. The zero-order valence-corrected chi connectivity index (χ0v) is 17.5. The lowest BCUT2D eigenvalue weighted by molar-refractivity contribution is -0.119. The van der Waals surface area contributed by atoms with E-state index in [1.165, 1.54) is 0 Å². The summed E-state index contributed by atoms with van der Waals surface area (Å²) in [6.07, 6.45) is 2.20. The second-order valence-electron chi connectivity index (χ2n) is 7.52. The Kier molecular flexibility index (Phi) is 5.46. The number of halogens is 1. The molecule has 5 heteroatoms. The van der Waals surface area contributed by atoms with E-state index in [1.807, 2.05) is 56.3 Å². The average Bonchev–Trinajstić information content (AvgIpc) is 2.70. The second kappa shape index (κ2) is 8.03. The summed E-state index contributed by atoms with van der Waals surface area (Å²) in [5.41, 5.74) is 4.21. The average molecular weight is 410 g/mol. The van der Waals surface area contributed by atoms with Gasteiger partial charge in [0.1, 0.15) is 5.75 Å². The third-order valence-electron chi connectivity index (χ3n) is 5.68. The SMILES string of the molecule is CCOc1ccccc1C1CC(=O)N(c2cc(Cl)ccc2C)C2=C1C(=O)CCC2. The summed E-state index contributed by atoms with van der Waals surface area (Å²) in [5.74, 6) is 0.578. The lowest BCUT2D eigenvalue weighted by Gasteiger charge is -2.39. The lowest BCUT2D eigenvalue weighted by Crippen LogP contribution is -2.41. The molecule has 0 spiro atoms. The quantitative estimate of drug-likeness (QED) is 0.662. The minimum absolute atomic E-state index is 0.0138. The predicted octanol–water partition coefficient (Wildman–Crippen LogP) is 5.57. The highest BCUT2D eigenvalue weighted by Crippen LogP contribution is 2.46. The Morgan fingerprint density at radius 1 is 1.14 bits per heavy atom. The van der Waals surface area contributed by atoms with Crippen LogP contribution in [0.4, 0.5) is 5.69 Å². The van der Waals surface area contributed by atoms with Gasteiger partial charge in [-0.3, -0.25) is 14.5 Å². The number of para-hydroxylation sites is 1. The van der Waals surface area contributed by atoms with Crippen molar-refractivity contribution in [2.45, 2.75) is 45.4 Å². The van der Waals surface area contributed by atoms with E-state index in [0.717, 1.165) is 40.3 Å². The highest BCUT2D eigenvalue weighted by Gasteiger charge is 2.41. The second-order valence-corrected chi connectivity index (χ2v) is 7.96. The summed E-state index contributed by atoms with van der Waals surface area (Å²) in [4.78, 5) is 28.2. The van der Waals surface area contributed by atoms with Crippen molar-refractivity contribution in [2.24, 2.45) is 0 Å². The number of ether oxygens (including phenoxy) is 1. The molecular formula is C24H24ClNO3. The van der Waals surface area contributed by atoms with E-state index < -0.39 is 0 Å². The Labute approximate surface area is 176 Å². The molecule has 4 nitrogen and oxygen atoms in total. The van der Waals surface area contributed by atoms with Crippen molar-refractivity contribution in [2.75, 3.05) is 11.5 Å². The smallest absolute Gasteiger partial charge is 0.232 e. The van der Waals surface area contributed by atoms with Crippen LogP contribution >= 0.6 is 11.6 Å². The number of anilines is 1. The zero-order chi connectivity index (χ0) is 20.5. The molecule has 0 fully saturated rings. The molecule has 0 bridgehead atoms. The van der Waals surface area contributed by atoms with Crippen molar-refractivity contribution in [3.63, 3.8) is 0 Å². The number of rotatable bonds is 4. The van der Waals surface area contributed by atoms with Crippen LogP contribution < -0.4 is 9.64 Å². The van der Waals surface area contributed by atoms with Crippen molar-refractivity contribution in [3.05, 3.63) is 69.9 Å². The molecule has 29 heavy (non-hydrogen) atoms. The Morgan fingerprint density at radius 2 is 1.93 bits per heavy atom. The minimum Gasteiger partial charge on any atom is -0.494 e. The molecule has 0 radical (unpaired) electrons. The number of carbonyl (C=O) groups excluding carboxylic acids is 2. The first kappa shape index (κ1) is 19.7. The van der Waals surface area contributed by atoms with Gasteiger partial charge in [-0.05, 0) is 50.5 Å². The molecule has 4 rings (SSSR count). The Hall–Kier alpha value is -2.59. The fourth-order valence-electron chi connectivity index (χ4n) is 4.42. The number of aryl methyl sites for hydroxylation is 1. The molecule has 2 aliphatic rings. The number of benzene rings is 2. The van der Waals surface area contributed by atoms with Crippen molar-refractivity contribution in [1.29, 1.82) is 0 Å². The minimum atomic E-state index is -0.274. The molecule has 1 amide bonds. The maximum atomic E-state index is 13.4. The number of amides is 1. The molecule has 1 unspecified atom stereocenters. The van der Waals surface area contributed by atoms with E-state index in [2.05, 4.69) is 0 Å². The summed E-state index contributed by atoms with van der Waals surface area (Å²) in [6, 6.07) is 13.3. The van der Waals surface area contributed by atoms with E-state index >= 15 is 0 Å². The van der Waals surface area contributed by atoms with Crippen molar-refractivity contribution in [3.8, 4) is 5.75 Å². The standard InChI is InChI=1S/C24H24ClNO3/c1-3-29-22-10-5-4-7-17(22)18-14-23(28)26(19-8-6-9-21(27)24(18)19)20-13-16(25)12-11-15(20)2/h4-5,7,10-13,18H,3,6,8-9,14H2,1-2H3. The maximum Gasteiger partial charge on any atom is 0.232 e. The Balaban J connectivity index is 1.89. The third-order valence-corrected chi connectivity index (χ3v) is 5.92. The number of Topliss-reactive ketones (excluding diaryl/α,β-unsaturated/α-hetero) is 1. The van der Waals surface area contributed by atoms with Gasteiger partial charge in [-0.2, -0.15) is 0 Å². The summed E-state index contributed by atoms with van der Waals surface area (Å²) >= 11 is 6.23. The van der Waals surface area contributed by atoms with Crippen molar-refractivity contribution >= 4 is 29.0 Å². The van der Waals surface area contributed by atoms with Gasteiger partial charge in [-0.1, -0.05) is 35.9 Å². The van der Waals surface area contributed by atoms with Crippen molar-refractivity contribution in [1.82, 2.24) is 0 Å². The molecular weight excluding hydrogens is 386 g/mol. The highest BCUT2D eigenvalue weighted by molar-refractivity contribution is 6.31. The number of ketones is 1. The van der Waals surface area contributed by atoms with Gasteiger partial charge in [0, 0.05) is 40.6 Å². The van der Waals surface area contributed by atoms with Crippen LogP contribution in [0.2, 0.25) is 5.02 Å². The van der Waals surface area contributed by atoms with E-state index in [9.17, 15) is 9.59 Å². The summed E-state index contributed by atoms with van der Waals surface area (Å²) in [7, 11) is 0. The topological polar surface area (TPSA) is 46.6 Å². The number of allylic oxidation sites excluding steroid dienone is 2. The van der Waals surface area contributed by atoms with Crippen LogP contribution in [-0.4, -0.2) is 18.3 Å². The predicted molar refractivity (Wildman–Crippen MR) is 115 cm³/mol. The lowest BCUT2D eigenvalue weighted by atomic mass is 9.76. The van der Waals surface area contributed by atoms with Crippen molar-refractivity contribution < 1.29 is 14.3 Å². The van der Waals surface area contributed by atoms with E-state index in [-0.39, 0.29) is 24.0 Å². The van der Waals surface area contributed by atoms with Gasteiger partial charge in [-0.15, -0.1) is 0 Å². The number of hydrogen-bond acceptors (Lipinski definition) is 3. The van der Waals surface area contributed by atoms with E-state index in [4.69, 9.17) is 16.3 Å². The fourth-order valence-corrected chi connectivity index (χ4v) is 4.58. The van der Waals surface area contributed by atoms with E-state index in [1.54, 1.807) is 4.90 Å². The van der Waals surface area contributed by atoms with Gasteiger partial charge < -0.3 is 4.74 Å².